The van der Waals surface area contributed by atoms with Crippen molar-refractivity contribution in [2.75, 3.05) is 32.7 Å². The second kappa shape index (κ2) is 7.77. The standard InChI is InChI=1S/C15H21N3O4/c1-3-21-7-8-22-14(19)9-18-12-6-4-5-11(16)15(12)17-13(18)10-20-2/h4-6H,3,7-10,16H2,1-2H3. The third kappa shape index (κ3) is 3.75. The van der Waals surface area contributed by atoms with Crippen LogP contribution in [0.5, 0.6) is 0 Å². The molecule has 0 fully saturated rings. The van der Waals surface area contributed by atoms with Crippen LogP contribution in [0.4, 0.5) is 5.69 Å². The zero-order valence-corrected chi connectivity index (χ0v) is 12.9. The molecule has 1 aromatic heterocycles. The van der Waals surface area contributed by atoms with Crippen molar-refractivity contribution < 1.29 is 19.0 Å². The van der Waals surface area contributed by atoms with Gasteiger partial charge in [-0.15, -0.1) is 0 Å². The van der Waals surface area contributed by atoms with Crippen LogP contribution in [0.1, 0.15) is 12.7 Å². The summed E-state index contributed by atoms with van der Waals surface area (Å²) in [5, 5.41) is 0. The van der Waals surface area contributed by atoms with Crippen LogP contribution in [-0.4, -0.2) is 42.5 Å². The average molecular weight is 307 g/mol. The summed E-state index contributed by atoms with van der Waals surface area (Å²) < 4.78 is 17.2. The summed E-state index contributed by atoms with van der Waals surface area (Å²) in [4.78, 5) is 16.4. The topological polar surface area (TPSA) is 88.6 Å². The van der Waals surface area contributed by atoms with E-state index >= 15 is 0 Å². The van der Waals surface area contributed by atoms with Gasteiger partial charge in [-0.05, 0) is 19.1 Å². The Bertz CT molecular complexity index is 639. The molecule has 2 N–H and O–H groups in total. The second-order valence-electron chi connectivity index (χ2n) is 4.68. The van der Waals surface area contributed by atoms with Gasteiger partial charge in [0, 0.05) is 13.7 Å². The maximum atomic E-state index is 12.0. The third-order valence-corrected chi connectivity index (χ3v) is 3.14. The zero-order valence-electron chi connectivity index (χ0n) is 12.9. The summed E-state index contributed by atoms with van der Waals surface area (Å²) in [5.41, 5.74) is 7.95. The molecule has 120 valence electrons. The molecule has 0 radical (unpaired) electrons. The van der Waals surface area contributed by atoms with Crippen molar-refractivity contribution >= 4 is 22.7 Å². The molecule has 7 heteroatoms. The molecule has 2 aromatic rings. The molecule has 2 rings (SSSR count). The van der Waals surface area contributed by atoms with Gasteiger partial charge in [0.05, 0.1) is 17.8 Å². The van der Waals surface area contributed by atoms with Crippen LogP contribution in [-0.2, 0) is 32.2 Å². The van der Waals surface area contributed by atoms with E-state index in [-0.39, 0.29) is 19.1 Å². The highest BCUT2D eigenvalue weighted by Gasteiger charge is 2.15. The van der Waals surface area contributed by atoms with Gasteiger partial charge in [0.1, 0.15) is 31.1 Å². The Morgan fingerprint density at radius 3 is 2.91 bits per heavy atom. The molecular weight excluding hydrogens is 286 g/mol. The fourth-order valence-electron chi connectivity index (χ4n) is 2.17. The Labute approximate surface area is 129 Å². The van der Waals surface area contributed by atoms with Gasteiger partial charge >= 0.3 is 5.97 Å². The van der Waals surface area contributed by atoms with E-state index in [1.54, 1.807) is 17.7 Å². The van der Waals surface area contributed by atoms with Crippen LogP contribution in [0.25, 0.3) is 11.0 Å². The van der Waals surface area contributed by atoms with Crippen LogP contribution >= 0.6 is 0 Å². The molecule has 0 amide bonds. The molecule has 22 heavy (non-hydrogen) atoms. The zero-order chi connectivity index (χ0) is 15.9. The molecular formula is C15H21N3O4. The van der Waals surface area contributed by atoms with E-state index in [0.717, 1.165) is 5.52 Å². The van der Waals surface area contributed by atoms with Crippen molar-refractivity contribution in [1.82, 2.24) is 9.55 Å². The number of hydrogen-bond donors (Lipinski definition) is 1. The van der Waals surface area contributed by atoms with Crippen LogP contribution in [0.3, 0.4) is 0 Å². The maximum Gasteiger partial charge on any atom is 0.326 e. The predicted octanol–water partition coefficient (Wildman–Crippen LogP) is 1.34. The quantitative estimate of drug-likeness (QED) is 0.450. The van der Waals surface area contributed by atoms with Crippen molar-refractivity contribution in [2.45, 2.75) is 20.1 Å². The van der Waals surface area contributed by atoms with E-state index in [9.17, 15) is 4.79 Å². The summed E-state index contributed by atoms with van der Waals surface area (Å²) in [7, 11) is 1.58. The second-order valence-corrected chi connectivity index (χ2v) is 4.68. The number of nitrogen functional groups attached to an aromatic ring is 1. The molecule has 1 heterocycles. The number of rotatable bonds is 8. The number of esters is 1. The summed E-state index contributed by atoms with van der Waals surface area (Å²) >= 11 is 0. The van der Waals surface area contributed by atoms with Gasteiger partial charge in [-0.3, -0.25) is 4.79 Å². The van der Waals surface area contributed by atoms with Gasteiger partial charge in [-0.2, -0.15) is 0 Å². The average Bonchev–Trinajstić information content (AvgIpc) is 2.84. The molecule has 0 spiro atoms. The maximum absolute atomic E-state index is 12.0. The SMILES string of the molecule is CCOCCOC(=O)Cn1c(COC)nc2c(N)cccc21. The van der Waals surface area contributed by atoms with Gasteiger partial charge in [0.15, 0.2) is 0 Å². The summed E-state index contributed by atoms with van der Waals surface area (Å²) in [5.74, 6) is 0.288. The van der Waals surface area contributed by atoms with E-state index in [1.807, 2.05) is 19.1 Å². The smallest absolute Gasteiger partial charge is 0.326 e. The highest BCUT2D eigenvalue weighted by Crippen LogP contribution is 2.22. The first-order valence-corrected chi connectivity index (χ1v) is 7.13. The molecule has 0 saturated heterocycles. The lowest BCUT2D eigenvalue weighted by Crippen LogP contribution is -2.18. The lowest BCUT2D eigenvalue weighted by Gasteiger charge is -2.09. The molecule has 0 unspecified atom stereocenters. The number of hydrogen-bond acceptors (Lipinski definition) is 6. The first-order valence-electron chi connectivity index (χ1n) is 7.13. The number of nitrogens with two attached hydrogens (primary N) is 1. The number of benzene rings is 1. The van der Waals surface area contributed by atoms with Crippen LogP contribution in [0, 0.1) is 0 Å². The van der Waals surface area contributed by atoms with E-state index in [0.29, 0.717) is 36.8 Å². The Kier molecular flexibility index (Phi) is 5.74. The Morgan fingerprint density at radius 2 is 2.18 bits per heavy atom. The highest BCUT2D eigenvalue weighted by atomic mass is 16.6. The summed E-state index contributed by atoms with van der Waals surface area (Å²) in [6.45, 7) is 3.47. The van der Waals surface area contributed by atoms with E-state index in [1.165, 1.54) is 0 Å². The third-order valence-electron chi connectivity index (χ3n) is 3.14. The monoisotopic (exact) mass is 307 g/mol. The first kappa shape index (κ1) is 16.3. The number of para-hydroxylation sites is 1. The molecule has 0 aliphatic heterocycles. The molecule has 0 bridgehead atoms. The minimum absolute atomic E-state index is 0.0603. The van der Waals surface area contributed by atoms with Gasteiger partial charge < -0.3 is 24.5 Å². The Morgan fingerprint density at radius 1 is 1.36 bits per heavy atom. The van der Waals surface area contributed by atoms with Gasteiger partial charge in [0.2, 0.25) is 0 Å². The van der Waals surface area contributed by atoms with Crippen molar-refractivity contribution in [2.24, 2.45) is 0 Å². The number of ether oxygens (including phenoxy) is 3. The number of fused-ring (bicyclic) bond motifs is 1. The molecule has 0 aliphatic carbocycles. The number of anilines is 1. The van der Waals surface area contributed by atoms with Gasteiger partial charge in [-0.25, -0.2) is 4.98 Å². The lowest BCUT2D eigenvalue weighted by atomic mass is 10.3. The van der Waals surface area contributed by atoms with Gasteiger partial charge in [0.25, 0.3) is 0 Å². The molecule has 7 nitrogen and oxygen atoms in total. The summed E-state index contributed by atoms with van der Waals surface area (Å²) in [6.07, 6.45) is 0. The fraction of sp³-hybridized carbons (Fsp3) is 0.467. The number of methoxy groups -OCH3 is 1. The van der Waals surface area contributed by atoms with E-state index < -0.39 is 0 Å². The number of imidazole rings is 1. The molecule has 1 aromatic carbocycles. The van der Waals surface area contributed by atoms with Crippen molar-refractivity contribution in [3.05, 3.63) is 24.0 Å². The Hall–Kier alpha value is -2.12. The number of nitrogens with zero attached hydrogens (tertiary/aromatic N) is 2. The van der Waals surface area contributed by atoms with Gasteiger partial charge in [-0.1, -0.05) is 6.07 Å². The van der Waals surface area contributed by atoms with Crippen LogP contribution in [0.15, 0.2) is 18.2 Å². The number of carbonyl (C=O) groups is 1. The lowest BCUT2D eigenvalue weighted by molar-refractivity contribution is -0.145. The van der Waals surface area contributed by atoms with Crippen LogP contribution < -0.4 is 5.73 Å². The van der Waals surface area contributed by atoms with E-state index in [4.69, 9.17) is 19.9 Å². The number of aromatic nitrogens is 2. The van der Waals surface area contributed by atoms with Crippen molar-refractivity contribution in [3.63, 3.8) is 0 Å². The first-order chi connectivity index (χ1) is 10.7. The molecule has 0 atom stereocenters. The fourth-order valence-corrected chi connectivity index (χ4v) is 2.17. The van der Waals surface area contributed by atoms with Crippen molar-refractivity contribution in [3.8, 4) is 0 Å². The highest BCUT2D eigenvalue weighted by molar-refractivity contribution is 5.88. The minimum atomic E-state index is -0.348. The molecule has 0 saturated carbocycles. The minimum Gasteiger partial charge on any atom is -0.462 e. The Balaban J connectivity index is 2.16. The van der Waals surface area contributed by atoms with Crippen molar-refractivity contribution in [1.29, 1.82) is 0 Å². The number of carbonyl (C=O) groups excluding carboxylic acids is 1. The molecule has 0 aliphatic rings. The van der Waals surface area contributed by atoms with E-state index in [2.05, 4.69) is 4.98 Å². The summed E-state index contributed by atoms with van der Waals surface area (Å²) in [6, 6.07) is 5.47. The van der Waals surface area contributed by atoms with Crippen LogP contribution in [0.2, 0.25) is 0 Å². The largest absolute Gasteiger partial charge is 0.462 e. The normalized spacial score (nSPS) is 11.0. The predicted molar refractivity (Wildman–Crippen MR) is 82.3 cm³/mol.